The van der Waals surface area contributed by atoms with Gasteiger partial charge in [-0.3, -0.25) is 4.98 Å². The lowest BCUT2D eigenvalue weighted by Crippen LogP contribution is -2.42. The SMILES string of the molecule is CC(C)(C)OC(=O)N1CCC([C@H]2c3ncc(Br)cc3CCc3cc(Cl)cc(Br)c32)CC1. The molecule has 4 rings (SSSR count). The normalized spacial score (nSPS) is 19.4. The second-order valence-electron chi connectivity index (χ2n) is 9.44. The maximum Gasteiger partial charge on any atom is 0.410 e. The molecule has 0 bridgehead atoms. The van der Waals surface area contributed by atoms with Gasteiger partial charge in [0.15, 0.2) is 0 Å². The van der Waals surface area contributed by atoms with Crippen molar-refractivity contribution in [2.45, 2.75) is 58.0 Å². The molecule has 4 nitrogen and oxygen atoms in total. The number of ether oxygens (including phenoxy) is 1. The number of carbonyl (C=O) groups is 1. The molecule has 1 atom stereocenters. The molecule has 1 amide bonds. The molecule has 31 heavy (non-hydrogen) atoms. The largest absolute Gasteiger partial charge is 0.444 e. The Morgan fingerprint density at radius 1 is 1.13 bits per heavy atom. The van der Waals surface area contributed by atoms with E-state index in [0.29, 0.717) is 19.0 Å². The Labute approximate surface area is 206 Å². The number of aromatic nitrogens is 1. The molecule has 1 fully saturated rings. The van der Waals surface area contributed by atoms with Gasteiger partial charge in [-0.1, -0.05) is 27.5 Å². The molecule has 1 aromatic carbocycles. The van der Waals surface area contributed by atoms with Crippen LogP contribution >= 0.6 is 43.5 Å². The van der Waals surface area contributed by atoms with Gasteiger partial charge in [0.1, 0.15) is 5.60 Å². The van der Waals surface area contributed by atoms with Crippen molar-refractivity contribution < 1.29 is 9.53 Å². The molecule has 7 heteroatoms. The van der Waals surface area contributed by atoms with E-state index in [9.17, 15) is 4.79 Å². The summed E-state index contributed by atoms with van der Waals surface area (Å²) in [5.74, 6) is 0.563. The molecule has 2 aliphatic rings. The standard InChI is InChI=1S/C24H27Br2ClN2O2/c1-24(2,3)31-23(30)29-8-6-14(7-9-29)21-20-15(11-18(27)12-19(20)26)4-5-16-10-17(25)13-28-22(16)21/h10-14,21H,4-9H2,1-3H3/t21-/m1/s1. The van der Waals surface area contributed by atoms with Crippen molar-refractivity contribution in [1.29, 1.82) is 0 Å². The lowest BCUT2D eigenvalue weighted by Gasteiger charge is -2.37. The van der Waals surface area contributed by atoms with Crippen molar-refractivity contribution in [2.75, 3.05) is 13.1 Å². The number of piperidine rings is 1. The number of rotatable bonds is 1. The lowest BCUT2D eigenvalue weighted by atomic mass is 9.76. The molecule has 0 saturated carbocycles. The first kappa shape index (κ1) is 23.1. The number of carbonyl (C=O) groups excluding carboxylic acids is 1. The van der Waals surface area contributed by atoms with Crippen molar-refractivity contribution >= 4 is 49.6 Å². The predicted molar refractivity (Wildman–Crippen MR) is 131 cm³/mol. The topological polar surface area (TPSA) is 42.4 Å². The van der Waals surface area contributed by atoms with Gasteiger partial charge in [0.25, 0.3) is 0 Å². The molecule has 1 aliphatic carbocycles. The third-order valence-electron chi connectivity index (χ3n) is 6.08. The maximum atomic E-state index is 12.5. The van der Waals surface area contributed by atoms with Crippen LogP contribution in [0.15, 0.2) is 33.3 Å². The summed E-state index contributed by atoms with van der Waals surface area (Å²) < 4.78 is 7.64. The van der Waals surface area contributed by atoms with Crippen molar-refractivity contribution in [3.8, 4) is 0 Å². The number of halogens is 3. The van der Waals surface area contributed by atoms with Crippen molar-refractivity contribution in [2.24, 2.45) is 5.92 Å². The molecular weight excluding hydrogens is 544 g/mol. The second kappa shape index (κ2) is 9.03. The average Bonchev–Trinajstić information content (AvgIpc) is 2.83. The number of fused-ring (bicyclic) bond motifs is 2. The second-order valence-corrected chi connectivity index (χ2v) is 11.6. The van der Waals surface area contributed by atoms with E-state index >= 15 is 0 Å². The fourth-order valence-corrected chi connectivity index (χ4v) is 6.27. The predicted octanol–water partition coefficient (Wildman–Crippen LogP) is 7.14. The Bertz CT molecular complexity index is 998. The highest BCUT2D eigenvalue weighted by atomic mass is 79.9. The van der Waals surface area contributed by atoms with Crippen molar-refractivity contribution in [1.82, 2.24) is 9.88 Å². The highest BCUT2D eigenvalue weighted by molar-refractivity contribution is 9.10. The van der Waals surface area contributed by atoms with Gasteiger partial charge < -0.3 is 9.64 Å². The van der Waals surface area contributed by atoms with Crippen LogP contribution in [-0.4, -0.2) is 34.7 Å². The van der Waals surface area contributed by atoms with E-state index in [1.165, 1.54) is 16.7 Å². The Kier molecular flexibility index (Phi) is 6.72. The van der Waals surface area contributed by atoms with Crippen molar-refractivity contribution in [3.05, 3.63) is 60.7 Å². The molecule has 1 saturated heterocycles. The number of hydrogen-bond acceptors (Lipinski definition) is 3. The Morgan fingerprint density at radius 2 is 1.81 bits per heavy atom. The zero-order valence-electron chi connectivity index (χ0n) is 18.1. The number of hydrogen-bond donors (Lipinski definition) is 0. The number of benzene rings is 1. The van der Waals surface area contributed by atoms with Gasteiger partial charge in [0.05, 0.1) is 5.69 Å². The van der Waals surface area contributed by atoms with E-state index < -0.39 is 5.60 Å². The molecule has 2 aromatic rings. The lowest BCUT2D eigenvalue weighted by molar-refractivity contribution is 0.0178. The van der Waals surface area contributed by atoms with E-state index in [4.69, 9.17) is 21.3 Å². The third-order valence-corrected chi connectivity index (χ3v) is 7.39. The minimum absolute atomic E-state index is 0.174. The average molecular weight is 571 g/mol. The van der Waals surface area contributed by atoms with Crippen molar-refractivity contribution in [3.63, 3.8) is 0 Å². The molecule has 0 radical (unpaired) electrons. The number of nitrogens with zero attached hydrogens (tertiary/aromatic N) is 2. The van der Waals surface area contributed by atoms with E-state index in [2.05, 4.69) is 44.0 Å². The zero-order chi connectivity index (χ0) is 22.3. The summed E-state index contributed by atoms with van der Waals surface area (Å²) in [4.78, 5) is 19.3. The summed E-state index contributed by atoms with van der Waals surface area (Å²) in [5, 5.41) is 0.754. The van der Waals surface area contributed by atoms with Crippen LogP contribution < -0.4 is 0 Å². The highest BCUT2D eigenvalue weighted by Gasteiger charge is 2.37. The van der Waals surface area contributed by atoms with E-state index in [1.807, 2.05) is 37.9 Å². The molecule has 1 aromatic heterocycles. The molecule has 166 valence electrons. The summed E-state index contributed by atoms with van der Waals surface area (Å²) in [6.07, 6.45) is 5.38. The monoisotopic (exact) mass is 568 g/mol. The first-order valence-electron chi connectivity index (χ1n) is 10.7. The van der Waals surface area contributed by atoms with E-state index in [0.717, 1.165) is 45.3 Å². The van der Waals surface area contributed by atoms with Crippen LogP contribution in [0, 0.1) is 5.92 Å². The fraction of sp³-hybridized carbons (Fsp3) is 0.500. The Hall–Kier alpha value is -1.11. The number of pyridine rings is 1. The van der Waals surface area contributed by atoms with E-state index in [1.54, 1.807) is 0 Å². The van der Waals surface area contributed by atoms with Crippen LogP contribution in [0.2, 0.25) is 5.02 Å². The number of likely N-dealkylation sites (tertiary alicyclic amines) is 1. The minimum Gasteiger partial charge on any atom is -0.444 e. The van der Waals surface area contributed by atoms with Gasteiger partial charge in [-0.05, 0) is 103 Å². The summed E-state index contributed by atoms with van der Waals surface area (Å²) in [6.45, 7) is 7.11. The van der Waals surface area contributed by atoms with Crippen LogP contribution in [0.1, 0.15) is 61.9 Å². The smallest absolute Gasteiger partial charge is 0.410 e. The molecular formula is C24H27Br2ClN2O2. The quantitative estimate of drug-likeness (QED) is 0.366. The van der Waals surface area contributed by atoms with Gasteiger partial charge in [0.2, 0.25) is 0 Å². The first-order valence-corrected chi connectivity index (χ1v) is 12.7. The van der Waals surface area contributed by atoms with Gasteiger partial charge in [-0.2, -0.15) is 0 Å². The summed E-state index contributed by atoms with van der Waals surface area (Å²) >= 11 is 13.8. The highest BCUT2D eigenvalue weighted by Crippen LogP contribution is 2.46. The molecule has 2 heterocycles. The molecule has 0 unspecified atom stereocenters. The van der Waals surface area contributed by atoms with Crippen LogP contribution in [-0.2, 0) is 17.6 Å². The van der Waals surface area contributed by atoms with Crippen LogP contribution in [0.4, 0.5) is 4.79 Å². The first-order chi connectivity index (χ1) is 14.6. The number of amides is 1. The minimum atomic E-state index is -0.478. The zero-order valence-corrected chi connectivity index (χ0v) is 22.0. The van der Waals surface area contributed by atoms with Crippen LogP contribution in [0.25, 0.3) is 0 Å². The van der Waals surface area contributed by atoms with Gasteiger partial charge in [-0.15, -0.1) is 0 Å². The Balaban J connectivity index is 1.66. The number of aryl methyl sites for hydroxylation is 2. The van der Waals surface area contributed by atoms with Gasteiger partial charge >= 0.3 is 6.09 Å². The van der Waals surface area contributed by atoms with Crippen LogP contribution in [0.3, 0.4) is 0 Å². The van der Waals surface area contributed by atoms with E-state index in [-0.39, 0.29) is 12.0 Å². The summed E-state index contributed by atoms with van der Waals surface area (Å²) in [6, 6.07) is 6.30. The van der Waals surface area contributed by atoms with Crippen LogP contribution in [0.5, 0.6) is 0 Å². The maximum absolute atomic E-state index is 12.5. The molecule has 1 aliphatic heterocycles. The molecule has 0 N–H and O–H groups in total. The van der Waals surface area contributed by atoms with Gasteiger partial charge in [-0.25, -0.2) is 4.79 Å². The van der Waals surface area contributed by atoms with Gasteiger partial charge in [0, 0.05) is 39.2 Å². The summed E-state index contributed by atoms with van der Waals surface area (Å²) in [5.41, 5.74) is 4.55. The summed E-state index contributed by atoms with van der Waals surface area (Å²) in [7, 11) is 0. The third kappa shape index (κ3) is 5.12. The fourth-order valence-electron chi connectivity index (χ4n) is 4.77. The Morgan fingerprint density at radius 3 is 2.48 bits per heavy atom. The molecule has 0 spiro atoms.